The summed E-state index contributed by atoms with van der Waals surface area (Å²) in [5, 5.41) is 6.20. The minimum absolute atomic E-state index is 0.0875. The Bertz CT molecular complexity index is 686. The van der Waals surface area contributed by atoms with Crippen molar-refractivity contribution in [3.8, 4) is 0 Å². The van der Waals surface area contributed by atoms with E-state index in [9.17, 15) is 4.39 Å². The molecule has 0 fully saturated rings. The van der Waals surface area contributed by atoms with Crippen molar-refractivity contribution >= 4 is 28.8 Å². The summed E-state index contributed by atoms with van der Waals surface area (Å²) in [4.78, 5) is 8.32. The van der Waals surface area contributed by atoms with Crippen LogP contribution < -0.4 is 0 Å². The first-order valence-electron chi connectivity index (χ1n) is 6.56. The van der Waals surface area contributed by atoms with Gasteiger partial charge < -0.3 is 9.74 Å². The predicted octanol–water partition coefficient (Wildman–Crippen LogP) is 3.91. The van der Waals surface area contributed by atoms with Crippen molar-refractivity contribution in [2.24, 2.45) is 5.16 Å². The van der Waals surface area contributed by atoms with Crippen LogP contribution in [0.1, 0.15) is 16.0 Å². The van der Waals surface area contributed by atoms with Crippen LogP contribution in [-0.4, -0.2) is 24.4 Å². The molecule has 0 unspecified atom stereocenters. The van der Waals surface area contributed by atoms with E-state index in [2.05, 4.69) is 16.6 Å². The average molecular weight is 325 g/mol. The van der Waals surface area contributed by atoms with E-state index in [0.717, 1.165) is 13.0 Å². The molecule has 0 amide bonds. The van der Waals surface area contributed by atoms with Crippen LogP contribution in [0, 0.1) is 5.82 Å². The molecule has 2 aromatic rings. The number of thiophene rings is 1. The molecule has 1 aromatic carbocycles. The van der Waals surface area contributed by atoms with Crippen molar-refractivity contribution in [3.05, 3.63) is 56.5 Å². The van der Waals surface area contributed by atoms with Gasteiger partial charge in [-0.3, -0.25) is 0 Å². The van der Waals surface area contributed by atoms with Crippen LogP contribution in [0.4, 0.5) is 4.39 Å². The normalized spacial score (nSPS) is 15.0. The summed E-state index contributed by atoms with van der Waals surface area (Å²) in [6.45, 7) is 1.48. The molecule has 1 aliphatic rings. The lowest BCUT2D eigenvalue weighted by Gasteiger charge is -2.29. The molecule has 0 saturated heterocycles. The lowest BCUT2D eigenvalue weighted by molar-refractivity contribution is 0.204. The summed E-state index contributed by atoms with van der Waals surface area (Å²) in [6, 6.07) is 7.01. The Kier molecular flexibility index (Phi) is 4.12. The molecule has 0 aliphatic carbocycles. The number of rotatable bonds is 2. The first-order valence-corrected chi connectivity index (χ1v) is 7.82. The van der Waals surface area contributed by atoms with E-state index in [-0.39, 0.29) is 5.02 Å². The second-order valence-electron chi connectivity index (χ2n) is 4.74. The van der Waals surface area contributed by atoms with Crippen LogP contribution in [0.25, 0.3) is 0 Å². The van der Waals surface area contributed by atoms with Crippen LogP contribution in [0.5, 0.6) is 0 Å². The number of oxime groups is 1. The molecule has 0 atom stereocenters. The van der Waals surface area contributed by atoms with Crippen molar-refractivity contribution < 1.29 is 9.23 Å². The Labute approximate surface area is 131 Å². The molecule has 6 heteroatoms. The van der Waals surface area contributed by atoms with E-state index in [1.54, 1.807) is 23.5 Å². The molecule has 0 radical (unpaired) electrons. The van der Waals surface area contributed by atoms with E-state index in [1.165, 1.54) is 23.6 Å². The topological polar surface area (TPSA) is 24.8 Å². The van der Waals surface area contributed by atoms with Crippen molar-refractivity contribution in [3.63, 3.8) is 0 Å². The number of halogens is 2. The Morgan fingerprint density at radius 2 is 2.29 bits per heavy atom. The molecular weight excluding hydrogens is 311 g/mol. The fourth-order valence-electron chi connectivity index (χ4n) is 2.47. The van der Waals surface area contributed by atoms with E-state index >= 15 is 0 Å². The molecule has 110 valence electrons. The third kappa shape index (κ3) is 2.76. The second kappa shape index (κ2) is 6.03. The summed E-state index contributed by atoms with van der Waals surface area (Å²) in [5.74, 6) is 0.0143. The maximum Gasteiger partial charge on any atom is 0.178 e. The van der Waals surface area contributed by atoms with Gasteiger partial charge in [0.2, 0.25) is 0 Å². The second-order valence-corrected chi connectivity index (χ2v) is 6.15. The molecule has 0 bridgehead atoms. The highest BCUT2D eigenvalue weighted by Crippen LogP contribution is 2.27. The summed E-state index contributed by atoms with van der Waals surface area (Å²) in [5.41, 5.74) is 1.63. The van der Waals surface area contributed by atoms with Crippen LogP contribution in [0.2, 0.25) is 5.02 Å². The maximum atomic E-state index is 14.3. The minimum Gasteiger partial charge on any atom is -0.397 e. The van der Waals surface area contributed by atoms with Gasteiger partial charge in [0.15, 0.2) is 11.7 Å². The first kappa shape index (κ1) is 14.4. The molecule has 3 rings (SSSR count). The zero-order chi connectivity index (χ0) is 14.8. The maximum absolute atomic E-state index is 14.3. The van der Waals surface area contributed by atoms with Gasteiger partial charge in [-0.05, 0) is 35.6 Å². The fraction of sp³-hybridized carbons (Fsp3) is 0.267. The Morgan fingerprint density at radius 3 is 3.10 bits per heavy atom. The zero-order valence-electron chi connectivity index (χ0n) is 11.5. The Hall–Kier alpha value is -1.59. The molecule has 0 spiro atoms. The highest BCUT2D eigenvalue weighted by molar-refractivity contribution is 7.10. The van der Waals surface area contributed by atoms with Gasteiger partial charge in [0.25, 0.3) is 0 Å². The third-order valence-electron chi connectivity index (χ3n) is 3.48. The molecule has 21 heavy (non-hydrogen) atoms. The monoisotopic (exact) mass is 324 g/mol. The van der Waals surface area contributed by atoms with Crippen LogP contribution >= 0.6 is 22.9 Å². The number of amidine groups is 1. The highest BCUT2D eigenvalue weighted by Gasteiger charge is 2.24. The van der Waals surface area contributed by atoms with Crippen LogP contribution in [0.3, 0.4) is 0 Å². The van der Waals surface area contributed by atoms with Gasteiger partial charge in [-0.25, -0.2) is 4.39 Å². The average Bonchev–Trinajstić information content (AvgIpc) is 2.95. The van der Waals surface area contributed by atoms with Crippen LogP contribution in [0.15, 0.2) is 34.8 Å². The quantitative estimate of drug-likeness (QED) is 0.475. The smallest absolute Gasteiger partial charge is 0.178 e. The summed E-state index contributed by atoms with van der Waals surface area (Å²) in [7, 11) is 1.46. The van der Waals surface area contributed by atoms with Crippen molar-refractivity contribution in [1.29, 1.82) is 0 Å². The molecule has 0 N–H and O–H groups in total. The molecule has 2 heterocycles. The van der Waals surface area contributed by atoms with Gasteiger partial charge >= 0.3 is 0 Å². The standard InChI is InChI=1S/C15H14ClFN2OS/c1-20-18-15(11-3-2-4-12(16)14(11)17)19-7-5-13-10(9-19)6-8-21-13/h2-4,6,8H,5,7,9H2,1H3/b18-15-. The minimum atomic E-state index is -0.467. The van der Waals surface area contributed by atoms with Crippen LogP contribution in [-0.2, 0) is 17.8 Å². The summed E-state index contributed by atoms with van der Waals surface area (Å²) >= 11 is 7.63. The number of nitrogens with zero attached hydrogens (tertiary/aromatic N) is 2. The van der Waals surface area contributed by atoms with Gasteiger partial charge in [0, 0.05) is 18.0 Å². The lowest BCUT2D eigenvalue weighted by Crippen LogP contribution is -2.36. The van der Waals surface area contributed by atoms with Gasteiger partial charge in [0.05, 0.1) is 10.6 Å². The fourth-order valence-corrected chi connectivity index (χ4v) is 3.53. The number of hydrogen-bond donors (Lipinski definition) is 0. The van der Waals surface area contributed by atoms with Crippen molar-refractivity contribution in [1.82, 2.24) is 4.90 Å². The lowest BCUT2D eigenvalue weighted by atomic mass is 10.1. The molecule has 0 saturated carbocycles. The summed E-state index contributed by atoms with van der Waals surface area (Å²) in [6.07, 6.45) is 0.928. The summed E-state index contributed by atoms with van der Waals surface area (Å²) < 4.78 is 14.3. The Balaban J connectivity index is 1.97. The molecule has 1 aromatic heterocycles. The van der Waals surface area contributed by atoms with Gasteiger partial charge in [-0.15, -0.1) is 11.3 Å². The Morgan fingerprint density at radius 1 is 1.43 bits per heavy atom. The number of hydrogen-bond acceptors (Lipinski definition) is 3. The molecular formula is C15H14ClFN2OS. The van der Waals surface area contributed by atoms with E-state index in [1.807, 2.05) is 4.90 Å². The van der Waals surface area contributed by atoms with Crippen molar-refractivity contribution in [2.75, 3.05) is 13.7 Å². The van der Waals surface area contributed by atoms with Gasteiger partial charge in [-0.2, -0.15) is 0 Å². The molecule has 1 aliphatic heterocycles. The van der Waals surface area contributed by atoms with E-state index in [4.69, 9.17) is 16.4 Å². The zero-order valence-corrected chi connectivity index (χ0v) is 13.0. The SMILES string of the molecule is CO/N=C(/c1cccc(Cl)c1F)N1CCc2sccc2C1. The predicted molar refractivity (Wildman–Crippen MR) is 83.4 cm³/mol. The van der Waals surface area contributed by atoms with E-state index in [0.29, 0.717) is 17.9 Å². The van der Waals surface area contributed by atoms with Gasteiger partial charge in [0.1, 0.15) is 7.11 Å². The molecule has 3 nitrogen and oxygen atoms in total. The largest absolute Gasteiger partial charge is 0.397 e. The number of fused-ring (bicyclic) bond motifs is 1. The highest BCUT2D eigenvalue weighted by atomic mass is 35.5. The van der Waals surface area contributed by atoms with Gasteiger partial charge in [-0.1, -0.05) is 22.8 Å². The number of benzene rings is 1. The van der Waals surface area contributed by atoms with E-state index < -0.39 is 5.82 Å². The third-order valence-corrected chi connectivity index (χ3v) is 4.79. The first-order chi connectivity index (χ1) is 10.2. The van der Waals surface area contributed by atoms with Crippen molar-refractivity contribution in [2.45, 2.75) is 13.0 Å².